The molecule has 1 atom stereocenters. The largest absolute Gasteiger partial charge is 0.479 e. The summed E-state index contributed by atoms with van der Waals surface area (Å²) in [6.45, 7) is 7.95. The Morgan fingerprint density at radius 1 is 0.839 bits per heavy atom. The summed E-state index contributed by atoms with van der Waals surface area (Å²) in [6.07, 6.45) is -0.773. The van der Waals surface area contributed by atoms with Gasteiger partial charge in [0.2, 0.25) is 0 Å². The van der Waals surface area contributed by atoms with Gasteiger partial charge in [-0.2, -0.15) is 0 Å². The van der Waals surface area contributed by atoms with Crippen molar-refractivity contribution in [3.05, 3.63) is 89.5 Å². The number of para-hydroxylation sites is 1. The zero-order valence-electron chi connectivity index (χ0n) is 18.2. The van der Waals surface area contributed by atoms with E-state index >= 15 is 0 Å². The predicted molar refractivity (Wildman–Crippen MR) is 122 cm³/mol. The Bertz CT molecular complexity index is 1040. The lowest BCUT2D eigenvalue weighted by Crippen LogP contribution is -2.28. The Morgan fingerprint density at radius 3 is 2.10 bits per heavy atom. The molecule has 0 bridgehead atoms. The second-order valence-electron chi connectivity index (χ2n) is 7.70. The SMILES string of the molecule is Cc1cc(OC(C)C(=O)Oc2ccc(C(=O)Nc3ccccc3)cc2)ccc1C(C)C. The van der Waals surface area contributed by atoms with Crippen LogP contribution in [-0.4, -0.2) is 18.0 Å². The van der Waals surface area contributed by atoms with Crippen LogP contribution in [0.15, 0.2) is 72.8 Å². The van der Waals surface area contributed by atoms with Crippen molar-refractivity contribution in [3.63, 3.8) is 0 Å². The molecule has 1 N–H and O–H groups in total. The molecule has 0 aliphatic heterocycles. The first-order valence-corrected chi connectivity index (χ1v) is 10.3. The molecule has 0 spiro atoms. The number of nitrogens with one attached hydrogen (secondary N) is 1. The van der Waals surface area contributed by atoms with Crippen molar-refractivity contribution in [3.8, 4) is 11.5 Å². The van der Waals surface area contributed by atoms with Crippen LogP contribution >= 0.6 is 0 Å². The van der Waals surface area contributed by atoms with Gasteiger partial charge in [-0.15, -0.1) is 0 Å². The third kappa shape index (κ3) is 5.95. The molecule has 0 aromatic heterocycles. The van der Waals surface area contributed by atoms with Gasteiger partial charge in [0, 0.05) is 11.3 Å². The van der Waals surface area contributed by atoms with Crippen molar-refractivity contribution in [2.45, 2.75) is 39.7 Å². The second-order valence-corrected chi connectivity index (χ2v) is 7.70. The molecule has 5 nitrogen and oxygen atoms in total. The van der Waals surface area contributed by atoms with E-state index in [0.29, 0.717) is 28.7 Å². The first-order chi connectivity index (χ1) is 14.8. The maximum atomic E-state index is 12.4. The van der Waals surface area contributed by atoms with Gasteiger partial charge in [-0.05, 0) is 79.4 Å². The summed E-state index contributed by atoms with van der Waals surface area (Å²) in [5.74, 6) is 0.657. The van der Waals surface area contributed by atoms with Gasteiger partial charge in [0.1, 0.15) is 11.5 Å². The number of amides is 1. The molecule has 3 rings (SSSR count). The van der Waals surface area contributed by atoms with Gasteiger partial charge >= 0.3 is 5.97 Å². The third-order valence-corrected chi connectivity index (χ3v) is 4.87. The summed E-state index contributed by atoms with van der Waals surface area (Å²) in [5.41, 5.74) is 3.55. The fraction of sp³-hybridized carbons (Fsp3) is 0.231. The minimum atomic E-state index is -0.773. The Labute approximate surface area is 183 Å². The van der Waals surface area contributed by atoms with Crippen molar-refractivity contribution in [1.29, 1.82) is 0 Å². The topological polar surface area (TPSA) is 64.6 Å². The minimum Gasteiger partial charge on any atom is -0.479 e. The fourth-order valence-electron chi connectivity index (χ4n) is 3.22. The lowest BCUT2D eigenvalue weighted by atomic mass is 9.98. The van der Waals surface area contributed by atoms with Crippen LogP contribution in [0.3, 0.4) is 0 Å². The summed E-state index contributed by atoms with van der Waals surface area (Å²) in [4.78, 5) is 24.7. The first kappa shape index (κ1) is 22.1. The molecule has 31 heavy (non-hydrogen) atoms. The number of hydrogen-bond acceptors (Lipinski definition) is 4. The molecule has 0 saturated heterocycles. The average Bonchev–Trinajstić information content (AvgIpc) is 2.74. The summed E-state index contributed by atoms with van der Waals surface area (Å²) >= 11 is 0. The van der Waals surface area contributed by atoms with E-state index in [1.807, 2.05) is 55.5 Å². The maximum absolute atomic E-state index is 12.4. The number of hydrogen-bond donors (Lipinski definition) is 1. The average molecular weight is 418 g/mol. The molecule has 160 valence electrons. The van der Waals surface area contributed by atoms with Crippen LogP contribution in [0.5, 0.6) is 11.5 Å². The highest BCUT2D eigenvalue weighted by molar-refractivity contribution is 6.04. The molecule has 1 amide bonds. The van der Waals surface area contributed by atoms with Gasteiger partial charge in [0.15, 0.2) is 6.10 Å². The normalized spacial score (nSPS) is 11.6. The Hall–Kier alpha value is -3.60. The van der Waals surface area contributed by atoms with Crippen LogP contribution < -0.4 is 14.8 Å². The van der Waals surface area contributed by atoms with E-state index < -0.39 is 12.1 Å². The predicted octanol–water partition coefficient (Wildman–Crippen LogP) is 5.74. The van der Waals surface area contributed by atoms with Crippen molar-refractivity contribution < 1.29 is 19.1 Å². The lowest BCUT2D eigenvalue weighted by molar-refractivity contribution is -0.141. The molecule has 0 radical (unpaired) electrons. The number of benzene rings is 3. The summed E-state index contributed by atoms with van der Waals surface area (Å²) in [5, 5.41) is 2.81. The molecular weight excluding hydrogens is 390 g/mol. The summed E-state index contributed by atoms with van der Waals surface area (Å²) in [7, 11) is 0. The Balaban J connectivity index is 1.57. The number of anilines is 1. The van der Waals surface area contributed by atoms with Crippen molar-refractivity contribution in [1.82, 2.24) is 0 Å². The summed E-state index contributed by atoms with van der Waals surface area (Å²) in [6, 6.07) is 21.4. The van der Waals surface area contributed by atoms with Gasteiger partial charge < -0.3 is 14.8 Å². The molecule has 3 aromatic rings. The second kappa shape index (κ2) is 9.94. The van der Waals surface area contributed by atoms with E-state index in [0.717, 1.165) is 5.56 Å². The van der Waals surface area contributed by atoms with Gasteiger partial charge in [-0.3, -0.25) is 4.79 Å². The number of carbonyl (C=O) groups excluding carboxylic acids is 2. The van der Waals surface area contributed by atoms with Crippen molar-refractivity contribution >= 4 is 17.6 Å². The Kier molecular flexibility index (Phi) is 7.08. The fourth-order valence-corrected chi connectivity index (χ4v) is 3.22. The molecule has 0 aliphatic carbocycles. The van der Waals surface area contributed by atoms with E-state index in [4.69, 9.17) is 9.47 Å². The van der Waals surface area contributed by atoms with Gasteiger partial charge in [0.05, 0.1) is 0 Å². The molecule has 5 heteroatoms. The van der Waals surface area contributed by atoms with Crippen LogP contribution in [0, 0.1) is 6.92 Å². The lowest BCUT2D eigenvalue weighted by Gasteiger charge is -2.16. The highest BCUT2D eigenvalue weighted by Crippen LogP contribution is 2.24. The van der Waals surface area contributed by atoms with E-state index in [1.165, 1.54) is 5.56 Å². The molecule has 0 saturated carbocycles. The first-order valence-electron chi connectivity index (χ1n) is 10.3. The summed E-state index contributed by atoms with van der Waals surface area (Å²) < 4.78 is 11.2. The number of aryl methyl sites for hydroxylation is 1. The van der Waals surface area contributed by atoms with Gasteiger partial charge in [-0.1, -0.05) is 38.1 Å². The maximum Gasteiger partial charge on any atom is 0.352 e. The van der Waals surface area contributed by atoms with Crippen molar-refractivity contribution in [2.75, 3.05) is 5.32 Å². The zero-order valence-corrected chi connectivity index (χ0v) is 18.2. The molecule has 1 unspecified atom stereocenters. The third-order valence-electron chi connectivity index (χ3n) is 4.87. The smallest absolute Gasteiger partial charge is 0.352 e. The van der Waals surface area contributed by atoms with E-state index in [2.05, 4.69) is 19.2 Å². The van der Waals surface area contributed by atoms with Gasteiger partial charge in [0.25, 0.3) is 5.91 Å². The van der Waals surface area contributed by atoms with Crippen LogP contribution in [0.2, 0.25) is 0 Å². The molecule has 0 heterocycles. The number of carbonyl (C=O) groups is 2. The van der Waals surface area contributed by atoms with E-state index in [9.17, 15) is 9.59 Å². The van der Waals surface area contributed by atoms with Crippen LogP contribution in [0.4, 0.5) is 5.69 Å². The highest BCUT2D eigenvalue weighted by Gasteiger charge is 2.18. The van der Waals surface area contributed by atoms with E-state index in [-0.39, 0.29) is 5.91 Å². The number of ether oxygens (including phenoxy) is 2. The molecule has 0 fully saturated rings. The minimum absolute atomic E-state index is 0.235. The van der Waals surface area contributed by atoms with Crippen LogP contribution in [-0.2, 0) is 4.79 Å². The molecule has 0 aliphatic rings. The number of esters is 1. The zero-order chi connectivity index (χ0) is 22.4. The van der Waals surface area contributed by atoms with Crippen molar-refractivity contribution in [2.24, 2.45) is 0 Å². The monoisotopic (exact) mass is 417 g/mol. The van der Waals surface area contributed by atoms with Crippen LogP contribution in [0.25, 0.3) is 0 Å². The number of rotatable bonds is 7. The van der Waals surface area contributed by atoms with Gasteiger partial charge in [-0.25, -0.2) is 4.79 Å². The molecular formula is C26H27NO4. The quantitative estimate of drug-likeness (QED) is 0.393. The highest BCUT2D eigenvalue weighted by atomic mass is 16.6. The molecule has 3 aromatic carbocycles. The standard InChI is InChI=1S/C26H27NO4/c1-17(2)24-15-14-23(16-18(24)3)30-19(4)26(29)31-22-12-10-20(11-13-22)25(28)27-21-8-6-5-7-9-21/h5-17,19H,1-4H3,(H,27,28). The van der Waals surface area contributed by atoms with E-state index in [1.54, 1.807) is 31.2 Å². The van der Waals surface area contributed by atoms with Crippen LogP contribution in [0.1, 0.15) is 48.2 Å². The Morgan fingerprint density at radius 2 is 1.48 bits per heavy atom.